The van der Waals surface area contributed by atoms with Crippen LogP contribution >= 0.6 is 11.6 Å². The van der Waals surface area contributed by atoms with Crippen molar-refractivity contribution in [3.63, 3.8) is 0 Å². The number of amides is 1. The molecule has 0 saturated carbocycles. The second-order valence-corrected chi connectivity index (χ2v) is 6.11. The highest BCUT2D eigenvalue weighted by atomic mass is 35.5. The number of carbonyl (C=O) groups excluding carboxylic acids is 1. The molecule has 0 spiro atoms. The van der Waals surface area contributed by atoms with Crippen LogP contribution in [0.25, 0.3) is 0 Å². The molecule has 1 amide bonds. The van der Waals surface area contributed by atoms with Gasteiger partial charge in [0, 0.05) is 25.1 Å². The van der Waals surface area contributed by atoms with Gasteiger partial charge < -0.3 is 9.42 Å². The molecule has 0 radical (unpaired) electrons. The lowest BCUT2D eigenvalue weighted by atomic mass is 9.91. The highest BCUT2D eigenvalue weighted by Gasteiger charge is 2.25. The molecule has 2 heterocycles. The van der Waals surface area contributed by atoms with Crippen molar-refractivity contribution >= 4 is 17.5 Å². The Kier molecular flexibility index (Phi) is 4.50. The second-order valence-electron chi connectivity index (χ2n) is 5.77. The second kappa shape index (κ2) is 5.95. The number of halogens is 1. The van der Waals surface area contributed by atoms with E-state index in [1.807, 2.05) is 11.8 Å². The zero-order chi connectivity index (χ0) is 14.0. The molecular formula is C14H21ClN2O2. The smallest absolute Gasteiger partial charge is 0.229 e. The zero-order valence-electron chi connectivity index (χ0n) is 11.8. The highest BCUT2D eigenvalue weighted by Crippen LogP contribution is 2.24. The summed E-state index contributed by atoms with van der Waals surface area (Å²) in [4.78, 5) is 14.2. The van der Waals surface area contributed by atoms with Gasteiger partial charge in [-0.15, -0.1) is 0 Å². The van der Waals surface area contributed by atoms with E-state index in [1.165, 1.54) is 6.42 Å². The predicted molar refractivity (Wildman–Crippen MR) is 74.1 cm³/mol. The van der Waals surface area contributed by atoms with Crippen molar-refractivity contribution < 1.29 is 9.32 Å². The zero-order valence-corrected chi connectivity index (χ0v) is 12.5. The first kappa shape index (κ1) is 14.4. The number of nitrogens with zero attached hydrogens (tertiary/aromatic N) is 2. The fourth-order valence-electron chi connectivity index (χ4n) is 2.90. The van der Waals surface area contributed by atoms with Crippen LogP contribution in [0.5, 0.6) is 0 Å². The van der Waals surface area contributed by atoms with Crippen molar-refractivity contribution in [3.8, 4) is 0 Å². The van der Waals surface area contributed by atoms with Crippen LogP contribution in [0.1, 0.15) is 37.9 Å². The van der Waals surface area contributed by atoms with Crippen LogP contribution in [0, 0.1) is 18.8 Å². The minimum absolute atomic E-state index is 0.204. The summed E-state index contributed by atoms with van der Waals surface area (Å²) in [6, 6.07) is 0. The van der Waals surface area contributed by atoms with E-state index >= 15 is 0 Å². The van der Waals surface area contributed by atoms with Gasteiger partial charge in [-0.1, -0.05) is 19.0 Å². The van der Waals surface area contributed by atoms with Crippen LogP contribution < -0.4 is 0 Å². The lowest BCUT2D eigenvalue weighted by molar-refractivity contribution is -0.133. The molecule has 0 unspecified atom stereocenters. The molecule has 4 nitrogen and oxygen atoms in total. The maximum Gasteiger partial charge on any atom is 0.229 e. The topological polar surface area (TPSA) is 46.3 Å². The van der Waals surface area contributed by atoms with Crippen LogP contribution in [0.15, 0.2) is 4.52 Å². The van der Waals surface area contributed by atoms with E-state index in [9.17, 15) is 4.79 Å². The molecule has 0 aliphatic carbocycles. The van der Waals surface area contributed by atoms with Crippen LogP contribution in [-0.2, 0) is 11.2 Å². The lowest BCUT2D eigenvalue weighted by Gasteiger charge is -2.35. The highest BCUT2D eigenvalue weighted by molar-refractivity contribution is 6.29. The van der Waals surface area contributed by atoms with Gasteiger partial charge in [0.05, 0.1) is 5.69 Å². The van der Waals surface area contributed by atoms with Gasteiger partial charge in [0.1, 0.15) is 0 Å². The summed E-state index contributed by atoms with van der Waals surface area (Å²) in [7, 11) is 0. The average Bonchev–Trinajstić information content (AvgIpc) is 2.65. The van der Waals surface area contributed by atoms with Crippen molar-refractivity contribution in [1.29, 1.82) is 0 Å². The molecule has 5 heteroatoms. The Morgan fingerprint density at radius 3 is 2.58 bits per heavy atom. The number of likely N-dealkylation sites (tertiary alicyclic amines) is 1. The molecule has 0 N–H and O–H groups in total. The monoisotopic (exact) mass is 284 g/mol. The van der Waals surface area contributed by atoms with Crippen LogP contribution in [0.4, 0.5) is 0 Å². The summed E-state index contributed by atoms with van der Waals surface area (Å²) >= 11 is 5.91. The van der Waals surface area contributed by atoms with Crippen LogP contribution in [0.2, 0.25) is 5.22 Å². The fourth-order valence-corrected chi connectivity index (χ4v) is 3.16. The van der Waals surface area contributed by atoms with Crippen LogP contribution in [-0.4, -0.2) is 29.1 Å². The molecule has 1 aliphatic rings. The number of hydrogen-bond acceptors (Lipinski definition) is 3. The average molecular weight is 285 g/mol. The molecule has 2 atom stereocenters. The maximum absolute atomic E-state index is 12.2. The predicted octanol–water partition coefficient (Wildman–Crippen LogP) is 3.07. The number of hydrogen-bond donors (Lipinski definition) is 0. The molecule has 0 bridgehead atoms. The number of aryl methyl sites for hydroxylation is 1. The normalized spacial score (nSPS) is 23.7. The lowest BCUT2D eigenvalue weighted by Crippen LogP contribution is -2.42. The van der Waals surface area contributed by atoms with E-state index in [4.69, 9.17) is 16.1 Å². The van der Waals surface area contributed by atoms with E-state index in [0.717, 1.165) is 24.3 Å². The van der Waals surface area contributed by atoms with Gasteiger partial charge in [0.15, 0.2) is 0 Å². The van der Waals surface area contributed by atoms with E-state index in [0.29, 0.717) is 29.9 Å². The molecular weight excluding hydrogens is 264 g/mol. The van der Waals surface area contributed by atoms with E-state index in [1.54, 1.807) is 0 Å². The summed E-state index contributed by atoms with van der Waals surface area (Å²) in [5, 5.41) is 4.11. The Bertz CT molecular complexity index is 429. The van der Waals surface area contributed by atoms with Gasteiger partial charge in [0.25, 0.3) is 0 Å². The minimum atomic E-state index is 0.204. The molecule has 106 valence electrons. The summed E-state index contributed by atoms with van der Waals surface area (Å²) < 4.78 is 4.90. The minimum Gasteiger partial charge on any atom is -0.344 e. The van der Waals surface area contributed by atoms with E-state index in [-0.39, 0.29) is 5.91 Å². The first-order valence-corrected chi connectivity index (χ1v) is 7.23. The standard InChI is InChI=1S/C14H21ClN2O2/c1-9-6-10(2)8-17(7-9)13(18)5-4-12-11(3)16-19-14(12)15/h9-10H,4-8H2,1-3H3/t9-,10+. The van der Waals surface area contributed by atoms with Gasteiger partial charge >= 0.3 is 0 Å². The summed E-state index contributed by atoms with van der Waals surface area (Å²) in [5.74, 6) is 1.39. The first-order valence-electron chi connectivity index (χ1n) is 6.85. The summed E-state index contributed by atoms with van der Waals surface area (Å²) in [6.45, 7) is 8.01. The van der Waals surface area contributed by atoms with Gasteiger partial charge in [-0.25, -0.2) is 0 Å². The largest absolute Gasteiger partial charge is 0.344 e. The number of rotatable bonds is 3. The Morgan fingerprint density at radius 1 is 1.42 bits per heavy atom. The summed E-state index contributed by atoms with van der Waals surface area (Å²) in [6.07, 6.45) is 2.29. The third-order valence-electron chi connectivity index (χ3n) is 3.75. The molecule has 19 heavy (non-hydrogen) atoms. The van der Waals surface area contributed by atoms with Gasteiger partial charge in [-0.3, -0.25) is 4.79 Å². The van der Waals surface area contributed by atoms with Crippen molar-refractivity contribution in [2.75, 3.05) is 13.1 Å². The van der Waals surface area contributed by atoms with Gasteiger partial charge in [0.2, 0.25) is 11.1 Å². The molecule has 1 saturated heterocycles. The number of piperidine rings is 1. The Hall–Kier alpha value is -1.03. The fraction of sp³-hybridized carbons (Fsp3) is 0.714. The third-order valence-corrected chi connectivity index (χ3v) is 4.04. The molecule has 0 aromatic carbocycles. The van der Waals surface area contributed by atoms with Crippen molar-refractivity contribution in [3.05, 3.63) is 16.5 Å². The quantitative estimate of drug-likeness (QED) is 0.857. The molecule has 1 aromatic rings. The molecule has 2 rings (SSSR count). The summed E-state index contributed by atoms with van der Waals surface area (Å²) in [5.41, 5.74) is 1.63. The van der Waals surface area contributed by atoms with E-state index < -0.39 is 0 Å². The first-order chi connectivity index (χ1) is 8.97. The van der Waals surface area contributed by atoms with Crippen LogP contribution in [0.3, 0.4) is 0 Å². The third kappa shape index (κ3) is 3.50. The number of aromatic nitrogens is 1. The number of carbonyl (C=O) groups is 1. The molecule has 1 aliphatic heterocycles. The van der Waals surface area contributed by atoms with Gasteiger partial charge in [-0.05, 0) is 43.2 Å². The maximum atomic E-state index is 12.2. The Balaban J connectivity index is 1.91. The Labute approximate surface area is 119 Å². The molecule has 1 fully saturated rings. The van der Waals surface area contributed by atoms with Gasteiger partial charge in [-0.2, -0.15) is 0 Å². The van der Waals surface area contributed by atoms with Crippen molar-refractivity contribution in [2.45, 2.75) is 40.0 Å². The van der Waals surface area contributed by atoms with E-state index in [2.05, 4.69) is 19.0 Å². The van der Waals surface area contributed by atoms with Crippen molar-refractivity contribution in [2.24, 2.45) is 11.8 Å². The SMILES string of the molecule is Cc1noc(Cl)c1CCC(=O)N1C[C@H](C)C[C@H](C)C1. The molecule has 1 aromatic heterocycles. The Morgan fingerprint density at radius 2 is 2.05 bits per heavy atom. The van der Waals surface area contributed by atoms with Crippen molar-refractivity contribution in [1.82, 2.24) is 10.1 Å².